The highest BCUT2D eigenvalue weighted by atomic mass is 35.5. The fourth-order valence-corrected chi connectivity index (χ4v) is 1.95. The van der Waals surface area contributed by atoms with Crippen molar-refractivity contribution in [3.05, 3.63) is 28.5 Å². The Hall–Kier alpha value is -1.75. The lowest BCUT2D eigenvalue weighted by Crippen LogP contribution is -1.95. The molecule has 2 aromatic rings. The van der Waals surface area contributed by atoms with Gasteiger partial charge in [-0.05, 0) is 18.6 Å². The lowest BCUT2D eigenvalue weighted by Gasteiger charge is -2.12. The number of nitrogens with one attached hydrogen (secondary N) is 1. The van der Waals surface area contributed by atoms with Crippen LogP contribution in [0.5, 0.6) is 5.75 Å². The van der Waals surface area contributed by atoms with Crippen molar-refractivity contribution >= 4 is 17.4 Å². The van der Waals surface area contributed by atoms with Crippen molar-refractivity contribution in [2.45, 2.75) is 6.92 Å². The van der Waals surface area contributed by atoms with Gasteiger partial charge < -0.3 is 10.5 Å². The minimum atomic E-state index is -0.506. The third-order valence-corrected chi connectivity index (χ3v) is 2.80. The van der Waals surface area contributed by atoms with Gasteiger partial charge in [0.1, 0.15) is 17.4 Å². The van der Waals surface area contributed by atoms with Crippen molar-refractivity contribution in [3.63, 3.8) is 0 Å². The molecule has 0 saturated carbocycles. The van der Waals surface area contributed by atoms with E-state index in [1.807, 2.05) is 0 Å². The van der Waals surface area contributed by atoms with Crippen LogP contribution in [-0.4, -0.2) is 17.3 Å². The first kappa shape index (κ1) is 11.7. The van der Waals surface area contributed by atoms with Gasteiger partial charge in [0.2, 0.25) is 0 Å². The smallest absolute Gasteiger partial charge is 0.145 e. The summed E-state index contributed by atoms with van der Waals surface area (Å²) in [5, 5.41) is 6.45. The molecule has 0 aliphatic heterocycles. The quantitative estimate of drug-likeness (QED) is 0.867. The summed E-state index contributed by atoms with van der Waals surface area (Å²) < 4.78 is 18.8. The van der Waals surface area contributed by atoms with E-state index < -0.39 is 5.82 Å². The first-order valence-electron chi connectivity index (χ1n) is 4.88. The maximum atomic E-state index is 13.6. The number of anilines is 1. The minimum absolute atomic E-state index is 0.0175. The molecule has 1 aromatic heterocycles. The van der Waals surface area contributed by atoms with E-state index in [0.717, 1.165) is 0 Å². The lowest BCUT2D eigenvalue weighted by atomic mass is 10.1. The standard InChI is InChI=1S/C11H11ClFN3O/c1-5-3-6(13)10(12)9(11(5)17-2)7-4-8(14)16-15-7/h3-4H,1-2H3,(H3,14,15,16). The number of aromatic nitrogens is 2. The summed E-state index contributed by atoms with van der Waals surface area (Å²) in [5.41, 5.74) is 7.11. The lowest BCUT2D eigenvalue weighted by molar-refractivity contribution is 0.412. The van der Waals surface area contributed by atoms with Crippen LogP contribution in [0.15, 0.2) is 12.1 Å². The molecule has 0 amide bonds. The largest absolute Gasteiger partial charge is 0.496 e. The Balaban J connectivity index is 2.74. The summed E-state index contributed by atoms with van der Waals surface area (Å²) in [4.78, 5) is 0. The molecule has 1 aromatic carbocycles. The molecule has 0 saturated heterocycles. The number of hydrogen-bond donors (Lipinski definition) is 2. The average Bonchev–Trinajstić information content (AvgIpc) is 2.69. The predicted molar refractivity (Wildman–Crippen MR) is 64.7 cm³/mol. The first-order valence-corrected chi connectivity index (χ1v) is 5.26. The first-order chi connectivity index (χ1) is 8.04. The van der Waals surface area contributed by atoms with Gasteiger partial charge in [-0.3, -0.25) is 5.10 Å². The monoisotopic (exact) mass is 255 g/mol. The van der Waals surface area contributed by atoms with Crippen LogP contribution in [0.3, 0.4) is 0 Å². The van der Waals surface area contributed by atoms with Gasteiger partial charge in [-0.15, -0.1) is 0 Å². The van der Waals surface area contributed by atoms with E-state index in [2.05, 4.69) is 10.2 Å². The maximum Gasteiger partial charge on any atom is 0.145 e. The van der Waals surface area contributed by atoms with Crippen LogP contribution in [0.2, 0.25) is 5.02 Å². The van der Waals surface area contributed by atoms with Gasteiger partial charge in [0.15, 0.2) is 0 Å². The minimum Gasteiger partial charge on any atom is -0.496 e. The van der Waals surface area contributed by atoms with Crippen molar-refractivity contribution in [1.29, 1.82) is 0 Å². The molecule has 0 spiro atoms. The number of nitrogens with zero attached hydrogens (tertiary/aromatic N) is 1. The normalized spacial score (nSPS) is 10.6. The van der Waals surface area contributed by atoms with Gasteiger partial charge in [0, 0.05) is 6.07 Å². The van der Waals surface area contributed by atoms with Gasteiger partial charge in [-0.25, -0.2) is 4.39 Å². The molecule has 0 atom stereocenters. The molecule has 0 bridgehead atoms. The Kier molecular flexibility index (Phi) is 2.93. The number of ether oxygens (including phenoxy) is 1. The van der Waals surface area contributed by atoms with Crippen molar-refractivity contribution in [2.75, 3.05) is 12.8 Å². The Morgan fingerprint density at radius 1 is 1.47 bits per heavy atom. The Labute approximate surface area is 103 Å². The molecule has 2 rings (SSSR count). The van der Waals surface area contributed by atoms with E-state index in [-0.39, 0.29) is 5.02 Å². The predicted octanol–water partition coefficient (Wildman–Crippen LogP) is 2.77. The van der Waals surface area contributed by atoms with E-state index in [4.69, 9.17) is 22.1 Å². The molecule has 90 valence electrons. The molecular formula is C11H11ClFN3O. The summed E-state index contributed by atoms with van der Waals surface area (Å²) in [5.74, 6) is 0.299. The number of nitrogen functional groups attached to an aromatic ring is 1. The van der Waals surface area contributed by atoms with Gasteiger partial charge >= 0.3 is 0 Å². The van der Waals surface area contributed by atoms with E-state index in [9.17, 15) is 4.39 Å². The van der Waals surface area contributed by atoms with Crippen molar-refractivity contribution < 1.29 is 9.13 Å². The zero-order chi connectivity index (χ0) is 12.6. The van der Waals surface area contributed by atoms with E-state index >= 15 is 0 Å². The molecule has 4 nitrogen and oxygen atoms in total. The highest BCUT2D eigenvalue weighted by Gasteiger charge is 2.19. The number of H-pyrrole nitrogens is 1. The highest BCUT2D eigenvalue weighted by molar-refractivity contribution is 6.33. The van der Waals surface area contributed by atoms with Gasteiger partial charge in [0.05, 0.1) is 23.4 Å². The summed E-state index contributed by atoms with van der Waals surface area (Å²) >= 11 is 5.95. The molecule has 0 unspecified atom stereocenters. The van der Waals surface area contributed by atoms with Crippen LogP contribution in [0.25, 0.3) is 11.3 Å². The summed E-state index contributed by atoms with van der Waals surface area (Å²) in [7, 11) is 1.50. The number of aromatic amines is 1. The Bertz CT molecular complexity index is 568. The van der Waals surface area contributed by atoms with Crippen molar-refractivity contribution in [1.82, 2.24) is 10.2 Å². The van der Waals surface area contributed by atoms with Crippen LogP contribution in [-0.2, 0) is 0 Å². The van der Waals surface area contributed by atoms with Crippen LogP contribution < -0.4 is 10.5 Å². The second-order valence-corrected chi connectivity index (χ2v) is 3.98. The number of aryl methyl sites for hydroxylation is 1. The molecule has 3 N–H and O–H groups in total. The number of benzene rings is 1. The topological polar surface area (TPSA) is 63.9 Å². The van der Waals surface area contributed by atoms with E-state index in [1.54, 1.807) is 13.0 Å². The summed E-state index contributed by atoms with van der Waals surface area (Å²) in [6.45, 7) is 1.74. The number of halogens is 2. The molecule has 17 heavy (non-hydrogen) atoms. The highest BCUT2D eigenvalue weighted by Crippen LogP contribution is 2.39. The Morgan fingerprint density at radius 2 is 2.18 bits per heavy atom. The second kappa shape index (κ2) is 4.25. The number of hydrogen-bond acceptors (Lipinski definition) is 3. The van der Waals surface area contributed by atoms with Crippen molar-refractivity contribution in [3.8, 4) is 17.0 Å². The second-order valence-electron chi connectivity index (χ2n) is 3.60. The van der Waals surface area contributed by atoms with E-state index in [1.165, 1.54) is 13.2 Å². The van der Waals surface area contributed by atoms with Crippen LogP contribution in [0.1, 0.15) is 5.56 Å². The van der Waals surface area contributed by atoms with Crippen molar-refractivity contribution in [2.24, 2.45) is 0 Å². The molecule has 6 heteroatoms. The van der Waals surface area contributed by atoms with Crippen LogP contribution in [0, 0.1) is 12.7 Å². The van der Waals surface area contributed by atoms with Gasteiger partial charge in [0.25, 0.3) is 0 Å². The Morgan fingerprint density at radius 3 is 2.71 bits per heavy atom. The molecular weight excluding hydrogens is 245 g/mol. The SMILES string of the molecule is COc1c(C)cc(F)c(Cl)c1-c1cc(N)n[nH]1. The fourth-order valence-electron chi connectivity index (χ4n) is 1.70. The van der Waals surface area contributed by atoms with Crippen LogP contribution in [0.4, 0.5) is 10.2 Å². The summed E-state index contributed by atoms with van der Waals surface area (Å²) in [6, 6.07) is 2.90. The molecule has 0 radical (unpaired) electrons. The number of rotatable bonds is 2. The molecule has 0 aliphatic rings. The molecule has 0 fully saturated rings. The molecule has 0 aliphatic carbocycles. The third kappa shape index (κ3) is 1.93. The maximum absolute atomic E-state index is 13.6. The number of methoxy groups -OCH3 is 1. The van der Waals surface area contributed by atoms with Gasteiger partial charge in [-0.2, -0.15) is 5.10 Å². The fraction of sp³-hybridized carbons (Fsp3) is 0.182. The van der Waals surface area contributed by atoms with E-state index in [0.29, 0.717) is 28.4 Å². The zero-order valence-electron chi connectivity index (χ0n) is 9.34. The average molecular weight is 256 g/mol. The number of nitrogens with two attached hydrogens (primary N) is 1. The molecule has 1 heterocycles. The summed E-state index contributed by atoms with van der Waals surface area (Å²) in [6.07, 6.45) is 0. The zero-order valence-corrected chi connectivity index (χ0v) is 10.1. The van der Waals surface area contributed by atoms with Gasteiger partial charge in [-0.1, -0.05) is 11.6 Å². The third-order valence-electron chi connectivity index (χ3n) is 2.43. The van der Waals surface area contributed by atoms with Crippen LogP contribution >= 0.6 is 11.6 Å².